The topological polar surface area (TPSA) is 54.5 Å². The van der Waals surface area contributed by atoms with Crippen LogP contribution in [-0.4, -0.2) is 36.6 Å². The Kier molecular flexibility index (Phi) is 6.17. The molecular weight excluding hydrogens is 393 g/mol. The van der Waals surface area contributed by atoms with E-state index in [0.717, 1.165) is 43.1 Å². The quantitative estimate of drug-likeness (QED) is 0.704. The van der Waals surface area contributed by atoms with Gasteiger partial charge in [-0.1, -0.05) is 13.8 Å². The highest BCUT2D eigenvalue weighted by molar-refractivity contribution is 5.94. The number of halogens is 1. The van der Waals surface area contributed by atoms with Crippen LogP contribution in [0.15, 0.2) is 36.5 Å². The molecule has 6 heteroatoms. The molecule has 1 saturated heterocycles. The summed E-state index contributed by atoms with van der Waals surface area (Å²) in [7, 11) is 1.58. The number of rotatable bonds is 7. The van der Waals surface area contributed by atoms with Crippen LogP contribution in [0.5, 0.6) is 5.75 Å². The Balaban J connectivity index is 1.42. The number of hydrogen-bond donors (Lipinski definition) is 1. The second kappa shape index (κ2) is 8.85. The van der Waals surface area contributed by atoms with Gasteiger partial charge in [-0.25, -0.2) is 4.39 Å². The van der Waals surface area contributed by atoms with E-state index in [1.807, 2.05) is 12.1 Å². The maximum absolute atomic E-state index is 13.7. The van der Waals surface area contributed by atoms with Crippen LogP contribution < -0.4 is 15.0 Å². The molecule has 1 N–H and O–H groups in total. The molecule has 1 aliphatic heterocycles. The number of carbonyl (C=O) groups is 1. The van der Waals surface area contributed by atoms with Gasteiger partial charge in [0, 0.05) is 30.5 Å². The zero-order valence-corrected chi connectivity index (χ0v) is 18.7. The van der Waals surface area contributed by atoms with Crippen molar-refractivity contribution in [3.05, 3.63) is 53.6 Å². The Hall–Kier alpha value is -2.63. The minimum Gasteiger partial charge on any atom is -0.496 e. The maximum atomic E-state index is 13.7. The first-order chi connectivity index (χ1) is 14.9. The van der Waals surface area contributed by atoms with Crippen LogP contribution in [0.3, 0.4) is 0 Å². The summed E-state index contributed by atoms with van der Waals surface area (Å²) in [5.74, 6) is 1.66. The van der Waals surface area contributed by atoms with E-state index in [0.29, 0.717) is 23.8 Å². The predicted molar refractivity (Wildman–Crippen MR) is 120 cm³/mol. The summed E-state index contributed by atoms with van der Waals surface area (Å²) in [6.45, 7) is 6.61. The van der Waals surface area contributed by atoms with Gasteiger partial charge in [-0.2, -0.15) is 0 Å². The van der Waals surface area contributed by atoms with Gasteiger partial charge in [0.25, 0.3) is 5.91 Å². The molecule has 2 aromatic rings. The summed E-state index contributed by atoms with van der Waals surface area (Å²) in [5, 5.41) is 3.16. The molecule has 0 radical (unpaired) electrons. The van der Waals surface area contributed by atoms with E-state index in [4.69, 9.17) is 4.74 Å². The monoisotopic (exact) mass is 425 g/mol. The lowest BCUT2D eigenvalue weighted by molar-refractivity contribution is 0.0926. The zero-order valence-electron chi connectivity index (χ0n) is 18.7. The lowest BCUT2D eigenvalue weighted by Gasteiger charge is -2.35. The van der Waals surface area contributed by atoms with Crippen molar-refractivity contribution < 1.29 is 13.9 Å². The molecule has 2 heterocycles. The second-order valence-electron chi connectivity index (χ2n) is 9.34. The fourth-order valence-electron chi connectivity index (χ4n) is 4.62. The maximum Gasteiger partial charge on any atom is 0.270 e. The van der Waals surface area contributed by atoms with Crippen molar-refractivity contribution in [1.82, 2.24) is 10.3 Å². The highest BCUT2D eigenvalue weighted by Crippen LogP contribution is 2.41. The number of nitrogens with zero attached hydrogens (tertiary/aromatic N) is 2. The molecule has 0 unspecified atom stereocenters. The summed E-state index contributed by atoms with van der Waals surface area (Å²) < 4.78 is 19.1. The van der Waals surface area contributed by atoms with Crippen LogP contribution in [0.25, 0.3) is 0 Å². The van der Waals surface area contributed by atoms with Crippen molar-refractivity contribution in [2.45, 2.75) is 51.5 Å². The highest BCUT2D eigenvalue weighted by Gasteiger charge is 2.45. The van der Waals surface area contributed by atoms with Crippen LogP contribution in [0.4, 0.5) is 10.1 Å². The molecule has 1 amide bonds. The Bertz CT molecular complexity index is 934. The number of nitrogens with one attached hydrogen (secondary N) is 1. The third-order valence-electron chi connectivity index (χ3n) is 6.83. The number of aromatic nitrogens is 1. The second-order valence-corrected chi connectivity index (χ2v) is 9.34. The number of carbonyl (C=O) groups excluding carboxylic acids is 1. The minimum atomic E-state index is -0.356. The number of ether oxygens (including phenoxy) is 1. The number of benzene rings is 1. The Labute approximate surface area is 184 Å². The minimum absolute atomic E-state index is 0.174. The molecular formula is C25H32FN3O2. The normalized spacial score (nSPS) is 18.2. The molecule has 1 aromatic carbocycles. The van der Waals surface area contributed by atoms with Crippen molar-refractivity contribution in [1.29, 1.82) is 0 Å². The van der Waals surface area contributed by atoms with Gasteiger partial charge in [-0.15, -0.1) is 0 Å². The lowest BCUT2D eigenvalue weighted by atomic mass is 9.86. The van der Waals surface area contributed by atoms with Gasteiger partial charge in [0.2, 0.25) is 0 Å². The number of hydrogen-bond acceptors (Lipinski definition) is 4. The molecule has 0 bridgehead atoms. The van der Waals surface area contributed by atoms with E-state index in [2.05, 4.69) is 29.0 Å². The average Bonchev–Trinajstić information content (AvgIpc) is 3.52. The van der Waals surface area contributed by atoms with E-state index in [-0.39, 0.29) is 17.3 Å². The first kappa shape index (κ1) is 21.6. The third kappa shape index (κ3) is 5.00. The van der Waals surface area contributed by atoms with Gasteiger partial charge in [-0.3, -0.25) is 9.78 Å². The van der Waals surface area contributed by atoms with E-state index in [9.17, 15) is 9.18 Å². The van der Waals surface area contributed by atoms with Crippen molar-refractivity contribution in [3.63, 3.8) is 0 Å². The SMILES string of the molecule is COc1ccc(F)cc1CC1(NC(=O)c2cc(N3CCC(C(C)C)CC3)ccn2)CC1. The molecule has 0 spiro atoms. The fraction of sp³-hybridized carbons (Fsp3) is 0.520. The number of anilines is 1. The van der Waals surface area contributed by atoms with Crippen molar-refractivity contribution in [3.8, 4) is 5.75 Å². The van der Waals surface area contributed by atoms with Crippen molar-refractivity contribution in [2.24, 2.45) is 11.8 Å². The summed E-state index contributed by atoms with van der Waals surface area (Å²) in [6.07, 6.45) is 6.35. The standard InChI is InChI=1S/C25H32FN3O2/c1-17(2)18-7-12-29(13-8-18)21-6-11-27-22(15-21)24(30)28-25(9-10-25)16-19-14-20(26)4-5-23(19)31-3/h4-6,11,14-15,17-18H,7-10,12-13,16H2,1-3H3,(H,28,30). The van der Waals surface area contributed by atoms with E-state index in [1.54, 1.807) is 19.4 Å². The molecule has 5 nitrogen and oxygen atoms in total. The number of methoxy groups -OCH3 is 1. The van der Waals surface area contributed by atoms with Gasteiger partial charge in [0.05, 0.1) is 7.11 Å². The van der Waals surface area contributed by atoms with Crippen LogP contribution in [0.1, 0.15) is 55.6 Å². The highest BCUT2D eigenvalue weighted by atomic mass is 19.1. The predicted octanol–water partition coefficient (Wildman–Crippen LogP) is 4.61. The lowest BCUT2D eigenvalue weighted by Crippen LogP contribution is -2.39. The average molecular weight is 426 g/mol. The van der Waals surface area contributed by atoms with E-state index in [1.165, 1.54) is 25.0 Å². The molecule has 1 aliphatic carbocycles. The molecule has 166 valence electrons. The van der Waals surface area contributed by atoms with E-state index < -0.39 is 0 Å². The van der Waals surface area contributed by atoms with Crippen molar-refractivity contribution in [2.75, 3.05) is 25.1 Å². The van der Waals surface area contributed by atoms with Gasteiger partial charge >= 0.3 is 0 Å². The Morgan fingerprint density at radius 1 is 1.26 bits per heavy atom. The smallest absolute Gasteiger partial charge is 0.270 e. The number of piperidine rings is 1. The van der Waals surface area contributed by atoms with Crippen LogP contribution in [0.2, 0.25) is 0 Å². The molecule has 4 rings (SSSR count). The largest absolute Gasteiger partial charge is 0.496 e. The Morgan fingerprint density at radius 3 is 2.65 bits per heavy atom. The first-order valence-electron chi connectivity index (χ1n) is 11.2. The van der Waals surface area contributed by atoms with E-state index >= 15 is 0 Å². The first-order valence-corrected chi connectivity index (χ1v) is 11.2. The van der Waals surface area contributed by atoms with Gasteiger partial charge < -0.3 is 15.0 Å². The number of amides is 1. The summed E-state index contributed by atoms with van der Waals surface area (Å²) in [6, 6.07) is 8.39. The van der Waals surface area contributed by atoms with Gasteiger partial charge in [0.1, 0.15) is 17.3 Å². The van der Waals surface area contributed by atoms with Crippen molar-refractivity contribution >= 4 is 11.6 Å². The summed E-state index contributed by atoms with van der Waals surface area (Å²) in [4.78, 5) is 19.7. The van der Waals surface area contributed by atoms with Gasteiger partial charge in [-0.05, 0) is 79.8 Å². The van der Waals surface area contributed by atoms with Crippen LogP contribution in [-0.2, 0) is 6.42 Å². The molecule has 1 aromatic heterocycles. The Morgan fingerprint density at radius 2 is 2.00 bits per heavy atom. The molecule has 2 aliphatic rings. The molecule has 2 fully saturated rings. The van der Waals surface area contributed by atoms with Crippen LogP contribution in [0, 0.1) is 17.7 Å². The molecule has 1 saturated carbocycles. The fourth-order valence-corrected chi connectivity index (χ4v) is 4.62. The summed E-state index contributed by atoms with van der Waals surface area (Å²) >= 11 is 0. The summed E-state index contributed by atoms with van der Waals surface area (Å²) in [5.41, 5.74) is 1.90. The molecule has 0 atom stereocenters. The number of pyridine rings is 1. The molecule has 31 heavy (non-hydrogen) atoms. The zero-order chi connectivity index (χ0) is 22.0. The van der Waals surface area contributed by atoms with Crippen LogP contribution >= 0.6 is 0 Å². The third-order valence-corrected chi connectivity index (χ3v) is 6.83. The van der Waals surface area contributed by atoms with Gasteiger partial charge in [0.15, 0.2) is 0 Å².